The standard InChI is InChI=1S/C13H21NO3S/c15-12(16)10-1-4-14(8-10)11-2-5-17-13(7-11)3-6-18-9-13/h10-11H,1-9H2,(H,15,16). The van der Waals surface area contributed by atoms with Crippen molar-refractivity contribution < 1.29 is 14.6 Å². The summed E-state index contributed by atoms with van der Waals surface area (Å²) < 4.78 is 6.03. The lowest BCUT2D eigenvalue weighted by atomic mass is 9.89. The summed E-state index contributed by atoms with van der Waals surface area (Å²) in [6, 6.07) is 0.543. The van der Waals surface area contributed by atoms with Crippen LogP contribution in [0.5, 0.6) is 0 Å². The molecule has 0 aromatic heterocycles. The van der Waals surface area contributed by atoms with Gasteiger partial charge in [0.05, 0.1) is 11.5 Å². The summed E-state index contributed by atoms with van der Waals surface area (Å²) in [6.07, 6.45) is 4.16. The average molecular weight is 271 g/mol. The number of likely N-dealkylation sites (tertiary alicyclic amines) is 1. The molecule has 1 N–H and O–H groups in total. The number of hydrogen-bond acceptors (Lipinski definition) is 4. The number of thioether (sulfide) groups is 1. The van der Waals surface area contributed by atoms with Crippen molar-refractivity contribution in [3.8, 4) is 0 Å². The lowest BCUT2D eigenvalue weighted by Crippen LogP contribution is -2.48. The molecule has 3 fully saturated rings. The van der Waals surface area contributed by atoms with Crippen molar-refractivity contribution in [2.45, 2.75) is 37.3 Å². The van der Waals surface area contributed by atoms with E-state index in [1.165, 1.54) is 12.2 Å². The first kappa shape index (κ1) is 12.8. The Balaban J connectivity index is 1.61. The minimum Gasteiger partial charge on any atom is -0.481 e. The highest BCUT2D eigenvalue weighted by molar-refractivity contribution is 7.99. The predicted octanol–water partition coefficient (Wildman–Crippen LogP) is 1.45. The maximum Gasteiger partial charge on any atom is 0.307 e. The van der Waals surface area contributed by atoms with Crippen LogP contribution in [0.25, 0.3) is 0 Å². The molecule has 3 heterocycles. The van der Waals surface area contributed by atoms with Crippen LogP contribution in [-0.2, 0) is 9.53 Å². The summed E-state index contributed by atoms with van der Waals surface area (Å²) in [5.41, 5.74) is 0.106. The van der Waals surface area contributed by atoms with Crippen LogP contribution >= 0.6 is 11.8 Å². The molecule has 3 aliphatic heterocycles. The Morgan fingerprint density at radius 1 is 1.44 bits per heavy atom. The van der Waals surface area contributed by atoms with E-state index in [1.807, 2.05) is 11.8 Å². The van der Waals surface area contributed by atoms with Crippen LogP contribution in [0.4, 0.5) is 0 Å². The molecule has 4 nitrogen and oxygen atoms in total. The Morgan fingerprint density at radius 3 is 3.00 bits per heavy atom. The maximum atomic E-state index is 11.0. The van der Waals surface area contributed by atoms with Crippen molar-refractivity contribution in [1.29, 1.82) is 0 Å². The van der Waals surface area contributed by atoms with Gasteiger partial charge in [0, 0.05) is 24.9 Å². The fourth-order valence-electron chi connectivity index (χ4n) is 3.50. The van der Waals surface area contributed by atoms with Gasteiger partial charge >= 0.3 is 5.97 Å². The number of rotatable bonds is 2. The Hall–Kier alpha value is -0.260. The minimum absolute atomic E-state index is 0.106. The van der Waals surface area contributed by atoms with Gasteiger partial charge in [-0.1, -0.05) is 0 Å². The van der Waals surface area contributed by atoms with Crippen molar-refractivity contribution >= 4 is 17.7 Å². The quantitative estimate of drug-likeness (QED) is 0.824. The third kappa shape index (κ3) is 2.40. The Kier molecular flexibility index (Phi) is 3.56. The molecular formula is C13H21NO3S. The van der Waals surface area contributed by atoms with E-state index in [9.17, 15) is 4.79 Å². The van der Waals surface area contributed by atoms with Crippen LogP contribution in [-0.4, -0.2) is 58.8 Å². The molecule has 0 radical (unpaired) electrons. The molecule has 0 bridgehead atoms. The monoisotopic (exact) mass is 271 g/mol. The fraction of sp³-hybridized carbons (Fsp3) is 0.923. The van der Waals surface area contributed by atoms with Crippen LogP contribution in [0.2, 0.25) is 0 Å². The van der Waals surface area contributed by atoms with Crippen LogP contribution in [0.3, 0.4) is 0 Å². The number of carboxylic acids is 1. The second kappa shape index (κ2) is 5.02. The maximum absolute atomic E-state index is 11.0. The summed E-state index contributed by atoms with van der Waals surface area (Å²) in [5, 5.41) is 9.08. The van der Waals surface area contributed by atoms with E-state index in [0.29, 0.717) is 6.04 Å². The molecule has 0 aromatic carbocycles. The molecule has 102 valence electrons. The second-order valence-electron chi connectivity index (χ2n) is 5.80. The molecule has 3 saturated heterocycles. The van der Waals surface area contributed by atoms with Crippen molar-refractivity contribution in [2.75, 3.05) is 31.2 Å². The Labute approximate surface area is 112 Å². The third-order valence-electron chi connectivity index (χ3n) is 4.62. The number of nitrogens with zero attached hydrogens (tertiary/aromatic N) is 1. The molecule has 3 aliphatic rings. The van der Waals surface area contributed by atoms with Gasteiger partial charge in [0.15, 0.2) is 0 Å². The SMILES string of the molecule is O=C(O)C1CCN(C2CCOC3(CCSC3)C2)C1. The molecule has 0 amide bonds. The highest BCUT2D eigenvalue weighted by Crippen LogP contribution is 2.40. The number of carboxylic acid groups (broad SMARTS) is 1. The van der Waals surface area contributed by atoms with E-state index in [-0.39, 0.29) is 11.5 Å². The Morgan fingerprint density at radius 2 is 2.33 bits per heavy atom. The van der Waals surface area contributed by atoms with Gasteiger partial charge in [-0.2, -0.15) is 11.8 Å². The summed E-state index contributed by atoms with van der Waals surface area (Å²) in [6.45, 7) is 2.54. The van der Waals surface area contributed by atoms with Gasteiger partial charge < -0.3 is 9.84 Å². The summed E-state index contributed by atoms with van der Waals surface area (Å²) in [5.74, 6) is 1.56. The number of carbonyl (C=O) groups is 1. The highest BCUT2D eigenvalue weighted by atomic mass is 32.2. The zero-order chi connectivity index (χ0) is 12.6. The first-order chi connectivity index (χ1) is 8.69. The number of ether oxygens (including phenoxy) is 1. The first-order valence-corrected chi connectivity index (χ1v) is 8.03. The molecule has 0 aromatic rings. The van der Waals surface area contributed by atoms with Crippen LogP contribution in [0, 0.1) is 5.92 Å². The predicted molar refractivity (Wildman–Crippen MR) is 71.0 cm³/mol. The molecule has 3 unspecified atom stereocenters. The van der Waals surface area contributed by atoms with Gasteiger partial charge in [0.1, 0.15) is 0 Å². The topological polar surface area (TPSA) is 49.8 Å². The molecule has 5 heteroatoms. The molecule has 1 spiro atoms. The Bertz CT molecular complexity index is 330. The zero-order valence-corrected chi connectivity index (χ0v) is 11.5. The molecular weight excluding hydrogens is 250 g/mol. The molecule has 18 heavy (non-hydrogen) atoms. The van der Waals surface area contributed by atoms with E-state index in [0.717, 1.165) is 44.7 Å². The summed E-state index contributed by atoms with van der Waals surface area (Å²) in [4.78, 5) is 13.4. The van der Waals surface area contributed by atoms with Crippen molar-refractivity contribution in [3.05, 3.63) is 0 Å². The summed E-state index contributed by atoms with van der Waals surface area (Å²) in [7, 11) is 0. The number of hydrogen-bond donors (Lipinski definition) is 1. The normalized spacial score (nSPS) is 41.6. The minimum atomic E-state index is -0.629. The molecule has 3 atom stereocenters. The lowest BCUT2D eigenvalue weighted by Gasteiger charge is -2.41. The van der Waals surface area contributed by atoms with E-state index in [1.54, 1.807) is 0 Å². The van der Waals surface area contributed by atoms with Gasteiger partial charge in [0.25, 0.3) is 0 Å². The van der Waals surface area contributed by atoms with Crippen molar-refractivity contribution in [1.82, 2.24) is 4.90 Å². The van der Waals surface area contributed by atoms with Gasteiger partial charge in [-0.05, 0) is 38.0 Å². The molecule has 3 rings (SSSR count). The van der Waals surface area contributed by atoms with Gasteiger partial charge in [0.2, 0.25) is 0 Å². The number of aliphatic carboxylic acids is 1. The van der Waals surface area contributed by atoms with Crippen molar-refractivity contribution in [3.63, 3.8) is 0 Å². The van der Waals surface area contributed by atoms with Crippen LogP contribution in [0.1, 0.15) is 25.7 Å². The third-order valence-corrected chi connectivity index (χ3v) is 5.84. The van der Waals surface area contributed by atoms with Crippen molar-refractivity contribution in [2.24, 2.45) is 5.92 Å². The zero-order valence-electron chi connectivity index (χ0n) is 10.6. The van der Waals surface area contributed by atoms with Crippen LogP contribution in [0.15, 0.2) is 0 Å². The van der Waals surface area contributed by atoms with Gasteiger partial charge in [-0.25, -0.2) is 0 Å². The van der Waals surface area contributed by atoms with E-state index >= 15 is 0 Å². The van der Waals surface area contributed by atoms with E-state index in [2.05, 4.69) is 4.90 Å². The van der Waals surface area contributed by atoms with E-state index < -0.39 is 5.97 Å². The average Bonchev–Trinajstić information content (AvgIpc) is 2.98. The summed E-state index contributed by atoms with van der Waals surface area (Å²) >= 11 is 1.99. The van der Waals surface area contributed by atoms with Gasteiger partial charge in [-0.15, -0.1) is 0 Å². The van der Waals surface area contributed by atoms with E-state index in [4.69, 9.17) is 9.84 Å². The van der Waals surface area contributed by atoms with Gasteiger partial charge in [-0.3, -0.25) is 9.69 Å². The molecule has 0 aliphatic carbocycles. The largest absolute Gasteiger partial charge is 0.481 e. The highest BCUT2D eigenvalue weighted by Gasteiger charge is 2.43. The molecule has 0 saturated carbocycles. The second-order valence-corrected chi connectivity index (χ2v) is 6.90. The lowest BCUT2D eigenvalue weighted by molar-refractivity contribution is -0.141. The fourth-order valence-corrected chi connectivity index (χ4v) is 4.88. The smallest absolute Gasteiger partial charge is 0.307 e. The van der Waals surface area contributed by atoms with Crippen LogP contribution < -0.4 is 0 Å². The first-order valence-electron chi connectivity index (χ1n) is 6.87.